The maximum absolute atomic E-state index is 12.7. The van der Waals surface area contributed by atoms with Gasteiger partial charge in [-0.3, -0.25) is 4.79 Å². The highest BCUT2D eigenvalue weighted by molar-refractivity contribution is 6.08. The van der Waals surface area contributed by atoms with Crippen LogP contribution in [0, 0.1) is 0 Å². The van der Waals surface area contributed by atoms with Crippen LogP contribution in [0.1, 0.15) is 23.0 Å². The Bertz CT molecular complexity index is 554. The molecule has 0 spiro atoms. The van der Waals surface area contributed by atoms with Gasteiger partial charge in [0.15, 0.2) is 5.78 Å². The zero-order chi connectivity index (χ0) is 11.9. The van der Waals surface area contributed by atoms with Crippen molar-refractivity contribution in [2.75, 3.05) is 0 Å². The van der Waals surface area contributed by atoms with Gasteiger partial charge in [0.05, 0.1) is 5.56 Å². The molecule has 2 nitrogen and oxygen atoms in total. The van der Waals surface area contributed by atoms with E-state index in [0.29, 0.717) is 10.9 Å². The summed E-state index contributed by atoms with van der Waals surface area (Å²) in [4.78, 5) is 13.5. The number of Topliss-reactive ketones (excluding diaryl/α,β-unsaturated/α-hetero) is 1. The summed E-state index contributed by atoms with van der Waals surface area (Å²) in [5.41, 5.74) is -0.940. The Hall–Kier alpha value is -1.78. The fourth-order valence-corrected chi connectivity index (χ4v) is 1.72. The third-order valence-corrected chi connectivity index (χ3v) is 2.34. The fourth-order valence-electron chi connectivity index (χ4n) is 1.72. The largest absolute Gasteiger partial charge is 0.431 e. The summed E-state index contributed by atoms with van der Waals surface area (Å²) in [6.45, 7) is 1.13. The van der Waals surface area contributed by atoms with Gasteiger partial charge in [-0.05, 0) is 13.0 Å². The summed E-state index contributed by atoms with van der Waals surface area (Å²) in [5, 5.41) is 0.308. The van der Waals surface area contributed by atoms with Crippen molar-refractivity contribution in [1.82, 2.24) is 4.98 Å². The van der Waals surface area contributed by atoms with Gasteiger partial charge in [-0.2, -0.15) is 13.2 Å². The SMILES string of the molecule is CC(=O)c1c(C(F)(F)F)[nH]c2ccccc12. The van der Waals surface area contributed by atoms with Gasteiger partial charge >= 0.3 is 6.18 Å². The van der Waals surface area contributed by atoms with Crippen molar-refractivity contribution < 1.29 is 18.0 Å². The van der Waals surface area contributed by atoms with E-state index in [4.69, 9.17) is 0 Å². The summed E-state index contributed by atoms with van der Waals surface area (Å²) in [5.74, 6) is -0.593. The number of H-pyrrole nitrogens is 1. The molecule has 1 aromatic heterocycles. The highest BCUT2D eigenvalue weighted by Gasteiger charge is 2.37. The Morgan fingerprint density at radius 2 is 1.88 bits per heavy atom. The van der Waals surface area contributed by atoms with Gasteiger partial charge in [-0.25, -0.2) is 0 Å². The second kappa shape index (κ2) is 3.37. The monoisotopic (exact) mass is 227 g/mol. The molecule has 1 N–H and O–H groups in total. The molecule has 0 aliphatic rings. The first-order chi connectivity index (χ1) is 7.41. The second-order valence-electron chi connectivity index (χ2n) is 3.47. The van der Waals surface area contributed by atoms with Crippen LogP contribution in [0.2, 0.25) is 0 Å². The molecule has 5 heteroatoms. The standard InChI is InChI=1S/C11H8F3NO/c1-6(16)9-7-4-2-3-5-8(7)15-10(9)11(12,13)14/h2-5,15H,1H3. The van der Waals surface area contributed by atoms with E-state index >= 15 is 0 Å². The Morgan fingerprint density at radius 3 is 2.44 bits per heavy atom. The lowest BCUT2D eigenvalue weighted by atomic mass is 10.1. The van der Waals surface area contributed by atoms with Crippen LogP contribution < -0.4 is 0 Å². The number of hydrogen-bond acceptors (Lipinski definition) is 1. The molecule has 0 bridgehead atoms. The molecule has 0 aliphatic heterocycles. The predicted octanol–water partition coefficient (Wildman–Crippen LogP) is 3.39. The molecule has 0 aliphatic carbocycles. The number of fused-ring (bicyclic) bond motifs is 1. The Labute approximate surface area is 89.1 Å². The maximum Gasteiger partial charge on any atom is 0.431 e. The molecule has 0 amide bonds. The van der Waals surface area contributed by atoms with Crippen LogP contribution in [0.5, 0.6) is 0 Å². The molecule has 0 fully saturated rings. The van der Waals surface area contributed by atoms with Gasteiger partial charge in [0.2, 0.25) is 0 Å². The molecule has 16 heavy (non-hydrogen) atoms. The van der Waals surface area contributed by atoms with Crippen molar-refractivity contribution in [2.45, 2.75) is 13.1 Å². The first-order valence-electron chi connectivity index (χ1n) is 4.60. The number of carbonyl (C=O) groups excluding carboxylic acids is 1. The van der Waals surface area contributed by atoms with Crippen molar-refractivity contribution in [3.63, 3.8) is 0 Å². The van der Waals surface area contributed by atoms with Gasteiger partial charge in [0.1, 0.15) is 5.69 Å². The molecule has 2 aromatic rings. The van der Waals surface area contributed by atoms with E-state index in [1.165, 1.54) is 12.1 Å². The van der Waals surface area contributed by atoms with Gasteiger partial charge in [0, 0.05) is 10.9 Å². The van der Waals surface area contributed by atoms with Crippen molar-refractivity contribution in [3.8, 4) is 0 Å². The van der Waals surface area contributed by atoms with E-state index < -0.39 is 17.7 Å². The number of ketones is 1. The molecule has 0 saturated carbocycles. The highest BCUT2D eigenvalue weighted by Crippen LogP contribution is 2.35. The lowest BCUT2D eigenvalue weighted by Crippen LogP contribution is -2.10. The summed E-state index contributed by atoms with van der Waals surface area (Å²) >= 11 is 0. The predicted molar refractivity (Wildman–Crippen MR) is 53.3 cm³/mol. The quantitative estimate of drug-likeness (QED) is 0.744. The van der Waals surface area contributed by atoms with Crippen molar-refractivity contribution in [1.29, 1.82) is 0 Å². The van der Waals surface area contributed by atoms with Gasteiger partial charge in [-0.15, -0.1) is 0 Å². The molecule has 2 rings (SSSR count). The molecule has 84 valence electrons. The van der Waals surface area contributed by atoms with Crippen LogP contribution >= 0.6 is 0 Å². The summed E-state index contributed by atoms with van der Waals surface area (Å²) in [7, 11) is 0. The first-order valence-corrected chi connectivity index (χ1v) is 4.60. The van der Waals surface area contributed by atoms with E-state index in [9.17, 15) is 18.0 Å². The lowest BCUT2D eigenvalue weighted by molar-refractivity contribution is -0.140. The number of alkyl halides is 3. The molecular weight excluding hydrogens is 219 g/mol. The van der Waals surface area contributed by atoms with Crippen molar-refractivity contribution >= 4 is 16.7 Å². The zero-order valence-electron chi connectivity index (χ0n) is 8.35. The average molecular weight is 227 g/mol. The molecule has 1 aromatic carbocycles. The Morgan fingerprint density at radius 1 is 1.25 bits per heavy atom. The summed E-state index contributed by atoms with van der Waals surface area (Å²) in [6.07, 6.45) is -4.54. The summed E-state index contributed by atoms with van der Waals surface area (Å²) < 4.78 is 38.0. The number of para-hydroxylation sites is 1. The first kappa shape index (κ1) is 10.7. The minimum atomic E-state index is -4.54. The van der Waals surface area contributed by atoms with E-state index in [2.05, 4.69) is 4.98 Å². The van der Waals surface area contributed by atoms with Crippen LogP contribution in [0.15, 0.2) is 24.3 Å². The topological polar surface area (TPSA) is 32.9 Å². The highest BCUT2D eigenvalue weighted by atomic mass is 19.4. The lowest BCUT2D eigenvalue weighted by Gasteiger charge is -2.05. The molecule has 0 atom stereocenters. The van der Waals surface area contributed by atoms with Gasteiger partial charge in [0.25, 0.3) is 0 Å². The molecule has 0 unspecified atom stereocenters. The van der Waals surface area contributed by atoms with E-state index in [1.54, 1.807) is 12.1 Å². The third-order valence-electron chi connectivity index (χ3n) is 2.34. The van der Waals surface area contributed by atoms with E-state index in [1.807, 2.05) is 0 Å². The van der Waals surface area contributed by atoms with E-state index in [0.717, 1.165) is 6.92 Å². The van der Waals surface area contributed by atoms with E-state index in [-0.39, 0.29) is 5.56 Å². The molecular formula is C11H8F3NO. The minimum absolute atomic E-state index is 0.289. The smallest absolute Gasteiger partial charge is 0.350 e. The number of aromatic amines is 1. The number of rotatable bonds is 1. The number of nitrogens with one attached hydrogen (secondary N) is 1. The molecule has 1 heterocycles. The van der Waals surface area contributed by atoms with Crippen LogP contribution in [0.4, 0.5) is 13.2 Å². The van der Waals surface area contributed by atoms with Crippen LogP contribution in [0.3, 0.4) is 0 Å². The van der Waals surface area contributed by atoms with Gasteiger partial charge < -0.3 is 4.98 Å². The van der Waals surface area contributed by atoms with Crippen LogP contribution in [0.25, 0.3) is 10.9 Å². The summed E-state index contributed by atoms with van der Waals surface area (Å²) in [6, 6.07) is 6.22. The fraction of sp³-hybridized carbons (Fsp3) is 0.182. The van der Waals surface area contributed by atoms with Crippen molar-refractivity contribution in [3.05, 3.63) is 35.5 Å². The maximum atomic E-state index is 12.7. The number of hydrogen-bond donors (Lipinski definition) is 1. The number of aromatic nitrogens is 1. The minimum Gasteiger partial charge on any atom is -0.350 e. The Kier molecular flexibility index (Phi) is 2.26. The van der Waals surface area contributed by atoms with Crippen molar-refractivity contribution in [2.24, 2.45) is 0 Å². The Balaban J connectivity index is 2.84. The number of halogens is 3. The molecule has 0 radical (unpaired) electrons. The van der Waals surface area contributed by atoms with Crippen LogP contribution in [-0.4, -0.2) is 10.8 Å². The second-order valence-corrected chi connectivity index (χ2v) is 3.47. The average Bonchev–Trinajstić information content (AvgIpc) is 2.55. The number of benzene rings is 1. The normalized spacial score (nSPS) is 12.0. The molecule has 0 saturated heterocycles. The van der Waals surface area contributed by atoms with Gasteiger partial charge in [-0.1, -0.05) is 18.2 Å². The third kappa shape index (κ3) is 1.58. The zero-order valence-corrected chi connectivity index (χ0v) is 8.35. The van der Waals surface area contributed by atoms with Crippen LogP contribution in [-0.2, 0) is 6.18 Å². The number of carbonyl (C=O) groups is 1.